The molecule has 300 valence electrons. The number of carboxylic acids is 4. The fourth-order valence-electron chi connectivity index (χ4n) is 6.79. The first-order chi connectivity index (χ1) is 25.1. The van der Waals surface area contributed by atoms with Crippen molar-refractivity contribution in [3.63, 3.8) is 0 Å². The maximum Gasteiger partial charge on any atom is 0.194 e. The minimum Gasteiger partial charge on any atom is -0.548 e. The Morgan fingerprint density at radius 2 is 0.611 bits per heavy atom. The van der Waals surface area contributed by atoms with Crippen LogP contribution in [0.1, 0.15) is 51.4 Å². The largest absolute Gasteiger partial charge is 0.548 e. The van der Waals surface area contributed by atoms with Crippen LogP contribution in [0.5, 0.6) is 0 Å². The maximum atomic E-state index is 10.6. The van der Waals surface area contributed by atoms with Crippen LogP contribution in [0, 0.1) is 0 Å². The van der Waals surface area contributed by atoms with Crippen molar-refractivity contribution in [2.75, 3.05) is 78.5 Å². The second-order valence-corrected chi connectivity index (χ2v) is 13.4. The standard InChI is InChI=1S/4C8H13N3O2.2W/c4*12-7(13)6-2-5-11-4-1-3-9-8(11)10-6;;/h4*6H,1-5H2,(H,9,10)(H,12,13);;/p-4. The third kappa shape index (κ3) is 12.7. The summed E-state index contributed by atoms with van der Waals surface area (Å²) in [5, 5.41) is 53.8. The smallest absolute Gasteiger partial charge is 0.194 e. The van der Waals surface area contributed by atoms with E-state index in [1.807, 2.05) is 0 Å². The van der Waals surface area contributed by atoms with Crippen LogP contribution >= 0.6 is 0 Å². The molecule has 4 saturated heterocycles. The molecule has 0 aromatic rings. The average molecular weight is 1100 g/mol. The fraction of sp³-hybridized carbons (Fsp3) is 0.750. The van der Waals surface area contributed by atoms with Crippen molar-refractivity contribution in [3.8, 4) is 0 Å². The summed E-state index contributed by atoms with van der Waals surface area (Å²) in [6, 6.07) is -2.25. The van der Waals surface area contributed by atoms with Crippen molar-refractivity contribution in [2.24, 2.45) is 20.0 Å². The molecule has 8 aliphatic rings. The van der Waals surface area contributed by atoms with E-state index in [2.05, 4.69) is 60.8 Å². The van der Waals surface area contributed by atoms with E-state index in [0.717, 1.165) is 128 Å². The quantitative estimate of drug-likeness (QED) is 0.204. The van der Waals surface area contributed by atoms with Crippen molar-refractivity contribution < 1.29 is 81.7 Å². The Labute approximate surface area is 342 Å². The predicted octanol–water partition coefficient (Wildman–Crippen LogP) is -7.37. The van der Waals surface area contributed by atoms with Gasteiger partial charge in [-0.15, -0.1) is 0 Å². The van der Waals surface area contributed by atoms with Crippen LogP contribution in [0.15, 0.2) is 20.0 Å². The molecule has 0 aromatic carbocycles. The Balaban J connectivity index is 0.000000191. The second-order valence-electron chi connectivity index (χ2n) is 13.4. The summed E-state index contributed by atoms with van der Waals surface area (Å²) in [6.07, 6.45) is 6.62. The van der Waals surface area contributed by atoms with E-state index >= 15 is 0 Å². The maximum absolute atomic E-state index is 10.6. The zero-order chi connectivity index (χ0) is 37.0. The van der Waals surface area contributed by atoms with Gasteiger partial charge in [-0.25, -0.2) is 0 Å². The van der Waals surface area contributed by atoms with Gasteiger partial charge in [0.25, 0.3) is 0 Å². The molecule has 0 amide bonds. The van der Waals surface area contributed by atoms with Crippen LogP contribution < -0.4 is 41.7 Å². The first-order valence-electron chi connectivity index (χ1n) is 18.2. The molecular weight excluding hydrogens is 1050 g/mol. The first-order valence-corrected chi connectivity index (χ1v) is 18.2. The summed E-state index contributed by atoms with van der Waals surface area (Å²) in [7, 11) is 0. The Hall–Kier alpha value is -3.66. The number of carbonyl (C=O) groups excluding carboxylic acids is 4. The summed E-state index contributed by atoms with van der Waals surface area (Å²) in [4.78, 5) is 67.6. The molecule has 20 nitrogen and oxygen atoms in total. The van der Waals surface area contributed by atoms with Gasteiger partial charge in [-0.1, -0.05) is 0 Å². The van der Waals surface area contributed by atoms with Crippen molar-refractivity contribution >= 4 is 47.7 Å². The zero-order valence-corrected chi connectivity index (χ0v) is 36.0. The first kappa shape index (κ1) is 44.7. The minimum absolute atomic E-state index is 0. The molecule has 54 heavy (non-hydrogen) atoms. The van der Waals surface area contributed by atoms with Gasteiger partial charge in [0.15, 0.2) is 23.8 Å². The number of aliphatic imine (C=N–C) groups is 4. The molecule has 8 heterocycles. The van der Waals surface area contributed by atoms with E-state index in [9.17, 15) is 39.6 Å². The van der Waals surface area contributed by atoms with E-state index in [0.29, 0.717) is 25.7 Å². The van der Waals surface area contributed by atoms with E-state index in [4.69, 9.17) is 0 Å². The Kier molecular flexibility index (Phi) is 18.2. The predicted molar refractivity (Wildman–Crippen MR) is 180 cm³/mol. The van der Waals surface area contributed by atoms with Crippen LogP contribution in [-0.4, -0.2) is 170 Å². The van der Waals surface area contributed by atoms with Crippen LogP contribution in [-0.2, 0) is 61.3 Å². The van der Waals surface area contributed by atoms with Gasteiger partial charge in [-0.2, -0.15) is 0 Å². The van der Waals surface area contributed by atoms with E-state index in [-0.39, 0.29) is 42.1 Å². The van der Waals surface area contributed by atoms with Crippen molar-refractivity contribution in [2.45, 2.75) is 75.5 Å². The van der Waals surface area contributed by atoms with Crippen molar-refractivity contribution in [3.05, 3.63) is 0 Å². The fourth-order valence-corrected chi connectivity index (χ4v) is 6.79. The number of hydrogen-bond acceptors (Lipinski definition) is 20. The Morgan fingerprint density at radius 3 is 0.796 bits per heavy atom. The number of carboxylic acid groups (broad SMARTS) is 4. The van der Waals surface area contributed by atoms with Crippen molar-refractivity contribution in [1.82, 2.24) is 40.9 Å². The number of guanidine groups is 4. The topological polar surface area (TPSA) is 271 Å². The third-order valence-corrected chi connectivity index (χ3v) is 9.69. The van der Waals surface area contributed by atoms with Gasteiger partial charge in [0, 0.05) is 121 Å². The van der Waals surface area contributed by atoms with Crippen LogP contribution in [0.25, 0.3) is 0 Å². The van der Waals surface area contributed by atoms with Gasteiger partial charge in [0.05, 0.1) is 48.0 Å². The van der Waals surface area contributed by atoms with E-state index in [1.165, 1.54) is 0 Å². The number of rotatable bonds is 4. The summed E-state index contributed by atoms with van der Waals surface area (Å²) >= 11 is 0. The summed E-state index contributed by atoms with van der Waals surface area (Å²) in [6.45, 7) is 10.1. The molecule has 4 N–H and O–H groups in total. The van der Waals surface area contributed by atoms with Gasteiger partial charge in [-0.3, -0.25) is 20.0 Å². The number of nitrogens with zero attached hydrogens (tertiary/aromatic N) is 8. The van der Waals surface area contributed by atoms with Crippen molar-refractivity contribution in [1.29, 1.82) is 0 Å². The third-order valence-electron chi connectivity index (χ3n) is 9.69. The van der Waals surface area contributed by atoms with Gasteiger partial charge in [0.2, 0.25) is 0 Å². The molecule has 8 aliphatic heterocycles. The van der Waals surface area contributed by atoms with Crippen LogP contribution in [0.2, 0.25) is 0 Å². The SMILES string of the molecule is O=C([O-])C1CCN2CCCN=C2N1.O=C([O-])C1CCN2CCCN=C2N1.O=C([O-])C1CCN2CCCN=C2N1.O=C([O-])C1CCN2CCCN=C2N1.[W].[W]. The van der Waals surface area contributed by atoms with Gasteiger partial charge >= 0.3 is 0 Å². The Bertz CT molecular complexity index is 1230. The summed E-state index contributed by atoms with van der Waals surface area (Å²) < 4.78 is 0. The Morgan fingerprint density at radius 1 is 0.407 bits per heavy atom. The summed E-state index contributed by atoms with van der Waals surface area (Å²) in [5.41, 5.74) is 0. The number of hydrogen-bond donors (Lipinski definition) is 4. The monoisotopic (exact) mass is 1100 g/mol. The van der Waals surface area contributed by atoms with Gasteiger partial charge in [-0.05, 0) is 51.4 Å². The normalized spacial score (nSPS) is 26.2. The summed E-state index contributed by atoms with van der Waals surface area (Å²) in [5.74, 6) is -1.22. The molecule has 0 bridgehead atoms. The molecule has 0 spiro atoms. The zero-order valence-electron chi connectivity index (χ0n) is 30.1. The number of aliphatic carboxylic acids is 4. The molecule has 4 unspecified atom stereocenters. The second kappa shape index (κ2) is 22.0. The van der Waals surface area contributed by atoms with E-state index < -0.39 is 48.0 Å². The molecule has 0 radical (unpaired) electrons. The molecule has 0 aliphatic carbocycles. The van der Waals surface area contributed by atoms with Crippen LogP contribution in [0.4, 0.5) is 0 Å². The molecule has 8 rings (SSSR count). The molecule has 4 fully saturated rings. The minimum atomic E-state index is -1.03. The van der Waals surface area contributed by atoms with Gasteiger partial charge < -0.3 is 80.5 Å². The van der Waals surface area contributed by atoms with Gasteiger partial charge in [0.1, 0.15) is 0 Å². The molecule has 22 heteroatoms. The van der Waals surface area contributed by atoms with E-state index in [1.54, 1.807) is 0 Å². The van der Waals surface area contributed by atoms with Crippen LogP contribution in [0.3, 0.4) is 0 Å². The number of fused-ring (bicyclic) bond motifs is 4. The average Bonchev–Trinajstić information content (AvgIpc) is 3.17. The molecule has 4 atom stereocenters. The number of carbonyl (C=O) groups is 4. The molecular formula is C32H48N12O8W2-4. The molecule has 0 aromatic heterocycles. The number of nitrogens with one attached hydrogen (secondary N) is 4. The molecule has 0 saturated carbocycles.